The molecule has 0 aliphatic carbocycles. The molecule has 0 unspecified atom stereocenters. The Hall–Kier alpha value is -7.12. The van der Waals surface area contributed by atoms with Gasteiger partial charge in [-0.2, -0.15) is 0 Å². The van der Waals surface area contributed by atoms with E-state index >= 15 is 0 Å². The molecule has 4 N–H and O–H groups in total. The van der Waals surface area contributed by atoms with E-state index in [9.17, 15) is 19.2 Å². The molecule has 5 heterocycles. The van der Waals surface area contributed by atoms with Crippen molar-refractivity contribution < 1.29 is 42.9 Å². The van der Waals surface area contributed by atoms with Crippen LogP contribution in [0.4, 0.5) is 0 Å². The maximum absolute atomic E-state index is 13.8. The van der Waals surface area contributed by atoms with E-state index in [1.54, 1.807) is 0 Å². The van der Waals surface area contributed by atoms with Crippen LogP contribution in [0.15, 0.2) is 122 Å². The third kappa shape index (κ3) is 8.98. The molecule has 0 spiro atoms. The van der Waals surface area contributed by atoms with Crippen molar-refractivity contribution in [2.75, 3.05) is 6.61 Å². The van der Waals surface area contributed by atoms with Crippen LogP contribution in [0.1, 0.15) is 47.9 Å². The van der Waals surface area contributed by atoms with Crippen LogP contribution in [0, 0.1) is 0 Å². The standard InChI is InChI=1S/C49H46N4O9/c54-43(21-17-30-25-50-38-13-5-1-9-34(30)38)59-42-29-58-49(62-46(57)24-20-33-28-53-41-16-8-4-12-37(33)41)48(61-45(56)23-19-32-27-52-40-15-7-3-11-36(32)40)47(42)60-44(55)22-18-31-26-51-39-14-6-2-10-35(31)39/h1-16,25-28,42,47-53H,17-24,29H2/t42-,47-,48-,49-/m1/s1. The monoisotopic (exact) mass is 834 g/mol. The molecule has 1 fully saturated rings. The smallest absolute Gasteiger partial charge is 0.308 e. The molecule has 4 aromatic heterocycles. The molecule has 1 aliphatic heterocycles. The number of benzene rings is 4. The van der Waals surface area contributed by atoms with E-state index in [-0.39, 0.29) is 32.3 Å². The third-order valence-electron chi connectivity index (χ3n) is 11.5. The minimum absolute atomic E-state index is 0.00966. The molecule has 0 amide bonds. The first-order chi connectivity index (χ1) is 30.4. The average molecular weight is 835 g/mol. The second kappa shape index (κ2) is 18.2. The number of aromatic nitrogens is 4. The minimum atomic E-state index is -1.46. The van der Waals surface area contributed by atoms with E-state index in [2.05, 4.69) is 19.9 Å². The molecule has 62 heavy (non-hydrogen) atoms. The molecular formula is C49H46N4O9. The molecule has 1 saturated heterocycles. The van der Waals surface area contributed by atoms with Crippen molar-refractivity contribution in [1.29, 1.82) is 0 Å². The van der Waals surface area contributed by atoms with Gasteiger partial charge in [-0.1, -0.05) is 72.8 Å². The highest BCUT2D eigenvalue weighted by Gasteiger charge is 2.49. The van der Waals surface area contributed by atoms with Crippen molar-refractivity contribution in [3.63, 3.8) is 0 Å². The highest BCUT2D eigenvalue weighted by Crippen LogP contribution is 2.29. The number of ether oxygens (including phenoxy) is 5. The quantitative estimate of drug-likeness (QED) is 0.0554. The van der Waals surface area contributed by atoms with Crippen molar-refractivity contribution in [2.45, 2.75) is 76.0 Å². The molecule has 4 aromatic carbocycles. The number of esters is 4. The Bertz CT molecular complexity index is 2670. The van der Waals surface area contributed by atoms with E-state index in [4.69, 9.17) is 23.7 Å². The highest BCUT2D eigenvalue weighted by molar-refractivity contribution is 5.86. The van der Waals surface area contributed by atoms with E-state index in [1.165, 1.54) is 0 Å². The summed E-state index contributed by atoms with van der Waals surface area (Å²) < 4.78 is 30.2. The number of aryl methyl sites for hydroxylation is 4. The summed E-state index contributed by atoms with van der Waals surface area (Å²) in [6.07, 6.45) is 3.33. The topological polar surface area (TPSA) is 178 Å². The Morgan fingerprint density at radius 3 is 1.15 bits per heavy atom. The number of fused-ring (bicyclic) bond motifs is 4. The summed E-state index contributed by atoms with van der Waals surface area (Å²) in [5, 5.41) is 3.95. The van der Waals surface area contributed by atoms with Gasteiger partial charge in [-0.25, -0.2) is 0 Å². The molecule has 316 valence electrons. The summed E-state index contributed by atoms with van der Waals surface area (Å²) in [5.41, 5.74) is 7.49. The lowest BCUT2D eigenvalue weighted by molar-refractivity contribution is -0.275. The number of carbonyl (C=O) groups excluding carboxylic acids is 4. The molecule has 13 heteroatoms. The van der Waals surface area contributed by atoms with E-state index in [1.807, 2.05) is 122 Å². The van der Waals surface area contributed by atoms with Gasteiger partial charge in [0.05, 0.1) is 6.61 Å². The van der Waals surface area contributed by atoms with Crippen LogP contribution in [0.2, 0.25) is 0 Å². The van der Waals surface area contributed by atoms with Gasteiger partial charge >= 0.3 is 23.9 Å². The molecule has 0 saturated carbocycles. The summed E-state index contributed by atoms with van der Waals surface area (Å²) in [5.74, 6) is -2.44. The summed E-state index contributed by atoms with van der Waals surface area (Å²) in [4.78, 5) is 67.6. The fraction of sp³-hybridized carbons (Fsp3) is 0.265. The SMILES string of the molecule is O=C(CCc1c[nH]c2ccccc12)O[C@H]1OC[C@@H](OC(=O)CCc2c[nH]c3ccccc23)[C@@H](OC(=O)CCc2c[nH]c3ccccc23)[C@H]1OC(=O)CCc1c[nH]c2ccccc12. The molecule has 4 atom stereocenters. The first-order valence-corrected chi connectivity index (χ1v) is 21.0. The van der Waals surface area contributed by atoms with Crippen molar-refractivity contribution in [2.24, 2.45) is 0 Å². The van der Waals surface area contributed by atoms with Crippen LogP contribution in [0.5, 0.6) is 0 Å². The number of rotatable bonds is 16. The van der Waals surface area contributed by atoms with Gasteiger partial charge in [0.25, 0.3) is 0 Å². The predicted octanol–water partition coefficient (Wildman–Crippen LogP) is 8.08. The normalized spacial score (nSPS) is 17.7. The largest absolute Gasteiger partial charge is 0.456 e. The summed E-state index contributed by atoms with van der Waals surface area (Å²) >= 11 is 0. The van der Waals surface area contributed by atoms with Gasteiger partial charge in [0.15, 0.2) is 12.2 Å². The lowest BCUT2D eigenvalue weighted by Gasteiger charge is -2.40. The Balaban J connectivity index is 0.946. The molecule has 8 aromatic rings. The predicted molar refractivity (Wildman–Crippen MR) is 232 cm³/mol. The Labute approximate surface area is 356 Å². The Morgan fingerprint density at radius 2 is 0.758 bits per heavy atom. The molecule has 0 bridgehead atoms. The lowest BCUT2D eigenvalue weighted by Crippen LogP contribution is -2.58. The number of hydrogen-bond acceptors (Lipinski definition) is 9. The third-order valence-corrected chi connectivity index (χ3v) is 11.5. The lowest BCUT2D eigenvalue weighted by atomic mass is 10.0. The minimum Gasteiger partial charge on any atom is -0.456 e. The Morgan fingerprint density at radius 1 is 0.435 bits per heavy atom. The van der Waals surface area contributed by atoms with Gasteiger partial charge in [0, 0.05) is 94.1 Å². The van der Waals surface area contributed by atoms with E-state index in [0.29, 0.717) is 25.7 Å². The zero-order valence-electron chi connectivity index (χ0n) is 33.9. The molecule has 9 rings (SSSR count). The van der Waals surface area contributed by atoms with Crippen molar-refractivity contribution in [3.05, 3.63) is 144 Å². The van der Waals surface area contributed by atoms with E-state index in [0.717, 1.165) is 65.9 Å². The summed E-state index contributed by atoms with van der Waals surface area (Å²) in [6.45, 7) is -0.289. The van der Waals surface area contributed by atoms with Crippen molar-refractivity contribution in [1.82, 2.24) is 19.9 Å². The molecule has 13 nitrogen and oxygen atoms in total. The molecule has 1 aliphatic rings. The number of para-hydroxylation sites is 4. The Kier molecular flexibility index (Phi) is 11.9. The van der Waals surface area contributed by atoms with Gasteiger partial charge < -0.3 is 43.6 Å². The first-order valence-electron chi connectivity index (χ1n) is 21.0. The second-order valence-corrected chi connectivity index (χ2v) is 15.6. The molecule has 0 radical (unpaired) electrons. The van der Waals surface area contributed by atoms with Crippen molar-refractivity contribution in [3.8, 4) is 0 Å². The summed E-state index contributed by atoms with van der Waals surface area (Å²) in [6, 6.07) is 31.1. The van der Waals surface area contributed by atoms with Crippen LogP contribution in [-0.4, -0.2) is 75.0 Å². The number of carbonyl (C=O) groups is 4. The van der Waals surface area contributed by atoms with Crippen LogP contribution < -0.4 is 0 Å². The zero-order chi connectivity index (χ0) is 42.4. The van der Waals surface area contributed by atoms with Gasteiger partial charge in [-0.15, -0.1) is 0 Å². The van der Waals surface area contributed by atoms with Crippen LogP contribution >= 0.6 is 0 Å². The van der Waals surface area contributed by atoms with Gasteiger partial charge in [0.1, 0.15) is 0 Å². The second-order valence-electron chi connectivity index (χ2n) is 15.6. The van der Waals surface area contributed by atoms with Crippen LogP contribution in [0.3, 0.4) is 0 Å². The molecular weight excluding hydrogens is 789 g/mol. The van der Waals surface area contributed by atoms with Crippen molar-refractivity contribution >= 4 is 67.5 Å². The van der Waals surface area contributed by atoms with Crippen LogP contribution in [-0.2, 0) is 68.5 Å². The van der Waals surface area contributed by atoms with Crippen LogP contribution in [0.25, 0.3) is 43.6 Å². The summed E-state index contributed by atoms with van der Waals surface area (Å²) in [7, 11) is 0. The zero-order valence-corrected chi connectivity index (χ0v) is 33.9. The van der Waals surface area contributed by atoms with Gasteiger partial charge in [-0.3, -0.25) is 19.2 Å². The highest BCUT2D eigenvalue weighted by atomic mass is 16.7. The number of nitrogens with one attached hydrogen (secondary N) is 4. The first kappa shape index (κ1) is 40.3. The maximum Gasteiger partial charge on any atom is 0.308 e. The maximum atomic E-state index is 13.8. The van der Waals surface area contributed by atoms with Gasteiger partial charge in [0.2, 0.25) is 12.4 Å². The number of H-pyrrole nitrogens is 4. The average Bonchev–Trinajstić information content (AvgIpc) is 4.10. The van der Waals surface area contributed by atoms with E-state index < -0.39 is 48.5 Å². The fourth-order valence-corrected chi connectivity index (χ4v) is 8.35. The number of aromatic amines is 4. The fourth-order valence-electron chi connectivity index (χ4n) is 8.35. The number of hydrogen-bond donors (Lipinski definition) is 4. The van der Waals surface area contributed by atoms with Gasteiger partial charge in [-0.05, 0) is 72.2 Å².